The molecule has 0 saturated carbocycles. The minimum Gasteiger partial charge on any atom is -0.493 e. The molecular weight excluding hydrogens is 495 g/mol. The summed E-state index contributed by atoms with van der Waals surface area (Å²) >= 11 is 12.0. The van der Waals surface area contributed by atoms with E-state index in [2.05, 4.69) is 0 Å². The van der Waals surface area contributed by atoms with E-state index in [1.807, 2.05) is 54.4 Å². The van der Waals surface area contributed by atoms with Crippen molar-refractivity contribution in [2.24, 2.45) is 5.41 Å². The quantitative estimate of drug-likeness (QED) is 0.345. The molecule has 3 aromatic rings. The topological polar surface area (TPSA) is 49.9 Å². The maximum absolute atomic E-state index is 13.4. The summed E-state index contributed by atoms with van der Waals surface area (Å²) in [6, 6.07) is 24.0. The average Bonchev–Trinajstić information content (AvgIpc) is 2.89. The molecule has 0 aliphatic carbocycles. The van der Waals surface area contributed by atoms with Gasteiger partial charge in [0.25, 0.3) is 5.91 Å². The number of carbonyl (C=O) groups excluding carboxylic acids is 2. The van der Waals surface area contributed by atoms with Crippen molar-refractivity contribution in [1.29, 1.82) is 0 Å². The number of ether oxygens (including phenoxy) is 1. The maximum Gasteiger partial charge on any atom is 0.253 e. The van der Waals surface area contributed by atoms with E-state index in [0.717, 1.165) is 18.4 Å². The van der Waals surface area contributed by atoms with Gasteiger partial charge >= 0.3 is 0 Å². The van der Waals surface area contributed by atoms with Crippen molar-refractivity contribution in [2.45, 2.75) is 25.8 Å². The zero-order chi connectivity index (χ0) is 25.5. The summed E-state index contributed by atoms with van der Waals surface area (Å²) in [5.74, 6) is 0.650. The maximum atomic E-state index is 13.4. The molecule has 7 heteroatoms. The van der Waals surface area contributed by atoms with Crippen LogP contribution in [0.2, 0.25) is 10.0 Å². The Balaban J connectivity index is 1.52. The molecule has 4 rings (SSSR count). The van der Waals surface area contributed by atoms with Crippen LogP contribution in [0.25, 0.3) is 0 Å². The lowest BCUT2D eigenvalue weighted by Crippen LogP contribution is -2.50. The fourth-order valence-electron chi connectivity index (χ4n) is 4.64. The van der Waals surface area contributed by atoms with E-state index in [0.29, 0.717) is 47.6 Å². The number of amides is 2. The van der Waals surface area contributed by atoms with Crippen molar-refractivity contribution in [3.8, 4) is 5.75 Å². The average molecular weight is 525 g/mol. The molecule has 1 aliphatic heterocycles. The van der Waals surface area contributed by atoms with Crippen LogP contribution in [0.15, 0.2) is 78.9 Å². The van der Waals surface area contributed by atoms with Gasteiger partial charge in [0, 0.05) is 54.1 Å². The first-order valence-corrected chi connectivity index (χ1v) is 12.8. The highest BCUT2D eigenvalue weighted by molar-refractivity contribution is 6.30. The van der Waals surface area contributed by atoms with Gasteiger partial charge in [-0.1, -0.05) is 53.5 Å². The summed E-state index contributed by atoms with van der Waals surface area (Å²) in [5, 5.41) is 1.22. The Bertz CT molecular complexity index is 1170. The third-order valence-corrected chi connectivity index (χ3v) is 7.12. The second kappa shape index (κ2) is 11.8. The van der Waals surface area contributed by atoms with Gasteiger partial charge in [0.1, 0.15) is 5.75 Å². The van der Waals surface area contributed by atoms with Crippen LogP contribution in [-0.2, 0) is 11.3 Å². The van der Waals surface area contributed by atoms with Gasteiger partial charge in [-0.05, 0) is 66.9 Å². The van der Waals surface area contributed by atoms with Crippen LogP contribution < -0.4 is 4.74 Å². The molecule has 1 saturated heterocycles. The normalized spacial score (nSPS) is 17.5. The Morgan fingerprint density at radius 1 is 0.944 bits per heavy atom. The Morgan fingerprint density at radius 3 is 2.25 bits per heavy atom. The van der Waals surface area contributed by atoms with Crippen LogP contribution in [0.3, 0.4) is 0 Å². The first-order chi connectivity index (χ1) is 17.3. The fraction of sp³-hybridized carbons (Fsp3) is 0.310. The van der Waals surface area contributed by atoms with Crippen LogP contribution in [0.4, 0.5) is 0 Å². The molecule has 1 fully saturated rings. The summed E-state index contributed by atoms with van der Waals surface area (Å²) in [6.45, 7) is 1.93. The lowest BCUT2D eigenvalue weighted by atomic mass is 9.77. The number of halogens is 2. The Morgan fingerprint density at radius 2 is 1.58 bits per heavy atom. The first-order valence-electron chi connectivity index (χ1n) is 12.0. The number of rotatable bonds is 8. The number of hydrogen-bond acceptors (Lipinski definition) is 3. The molecule has 0 radical (unpaired) electrons. The van der Waals surface area contributed by atoms with E-state index >= 15 is 0 Å². The smallest absolute Gasteiger partial charge is 0.253 e. The number of likely N-dealkylation sites (tertiary alicyclic amines) is 1. The molecule has 0 spiro atoms. The number of hydrogen-bond donors (Lipinski definition) is 0. The molecular formula is C29H30Cl2N2O3. The van der Waals surface area contributed by atoms with E-state index in [-0.39, 0.29) is 18.2 Å². The van der Waals surface area contributed by atoms with Crippen LogP contribution >= 0.6 is 23.2 Å². The first kappa shape index (κ1) is 26.1. The van der Waals surface area contributed by atoms with Crippen molar-refractivity contribution in [1.82, 2.24) is 9.80 Å². The lowest BCUT2D eigenvalue weighted by molar-refractivity contribution is -0.134. The number of nitrogens with zero attached hydrogens (tertiary/aromatic N) is 2. The molecule has 1 heterocycles. The predicted molar refractivity (Wildman–Crippen MR) is 144 cm³/mol. The summed E-state index contributed by atoms with van der Waals surface area (Å²) < 4.78 is 6.17. The molecule has 0 N–H and O–H groups in total. The van der Waals surface area contributed by atoms with E-state index in [1.165, 1.54) is 0 Å². The molecule has 0 aromatic heterocycles. The van der Waals surface area contributed by atoms with Crippen LogP contribution in [-0.4, -0.2) is 48.4 Å². The highest BCUT2D eigenvalue weighted by atomic mass is 35.5. The molecule has 1 aliphatic rings. The fourth-order valence-corrected chi connectivity index (χ4v) is 4.89. The Hall–Kier alpha value is -3.02. The van der Waals surface area contributed by atoms with Gasteiger partial charge < -0.3 is 14.5 Å². The number of benzene rings is 3. The molecule has 3 aromatic carbocycles. The van der Waals surface area contributed by atoms with E-state index in [9.17, 15) is 9.59 Å². The van der Waals surface area contributed by atoms with Gasteiger partial charge in [0.15, 0.2) is 0 Å². The summed E-state index contributed by atoms with van der Waals surface area (Å²) in [4.78, 5) is 30.3. The SMILES string of the molecule is CN(Cc1ccccc1)C(=O)C[C@]1(COc2ccc(Cl)cc2)CCCN(C(=O)c2ccc(Cl)cc2)C1. The third-order valence-electron chi connectivity index (χ3n) is 6.61. The van der Waals surface area contributed by atoms with Crippen molar-refractivity contribution < 1.29 is 14.3 Å². The van der Waals surface area contributed by atoms with Gasteiger partial charge in [-0.25, -0.2) is 0 Å². The van der Waals surface area contributed by atoms with Crippen molar-refractivity contribution in [3.63, 3.8) is 0 Å². The van der Waals surface area contributed by atoms with E-state index < -0.39 is 5.41 Å². The van der Waals surface area contributed by atoms with E-state index in [1.54, 1.807) is 41.3 Å². The molecule has 0 bridgehead atoms. The summed E-state index contributed by atoms with van der Waals surface area (Å²) in [7, 11) is 1.82. The zero-order valence-corrected chi connectivity index (χ0v) is 21.8. The highest BCUT2D eigenvalue weighted by Gasteiger charge is 2.40. The second-order valence-electron chi connectivity index (χ2n) is 9.49. The molecule has 0 unspecified atom stereocenters. The highest BCUT2D eigenvalue weighted by Crippen LogP contribution is 2.36. The van der Waals surface area contributed by atoms with Gasteiger partial charge in [0.2, 0.25) is 5.91 Å². The predicted octanol–water partition coefficient (Wildman–Crippen LogP) is 6.34. The van der Waals surface area contributed by atoms with Gasteiger partial charge in [-0.15, -0.1) is 0 Å². The van der Waals surface area contributed by atoms with Crippen LogP contribution in [0.1, 0.15) is 35.2 Å². The monoisotopic (exact) mass is 524 g/mol. The second-order valence-corrected chi connectivity index (χ2v) is 10.4. The molecule has 188 valence electrons. The van der Waals surface area contributed by atoms with Crippen LogP contribution in [0, 0.1) is 5.41 Å². The Kier molecular flexibility index (Phi) is 8.55. The number of piperidine rings is 1. The standard InChI is InChI=1S/C29H30Cl2N2O3/c1-32(19-22-6-3-2-4-7-22)27(34)18-29(21-36-26-14-12-25(31)13-15-26)16-5-17-33(20-29)28(35)23-8-10-24(30)11-9-23/h2-4,6-15H,5,16-21H2,1H3/t29-/m1/s1. The molecule has 2 amide bonds. The van der Waals surface area contributed by atoms with Crippen molar-refractivity contribution in [2.75, 3.05) is 26.7 Å². The minimum absolute atomic E-state index is 0.0272. The minimum atomic E-state index is -0.512. The zero-order valence-electron chi connectivity index (χ0n) is 20.3. The lowest BCUT2D eigenvalue weighted by Gasteiger charge is -2.43. The van der Waals surface area contributed by atoms with E-state index in [4.69, 9.17) is 27.9 Å². The Labute approximate surface area is 222 Å². The largest absolute Gasteiger partial charge is 0.493 e. The molecule has 1 atom stereocenters. The third kappa shape index (κ3) is 6.80. The summed E-state index contributed by atoms with van der Waals surface area (Å²) in [5.41, 5.74) is 1.14. The molecule has 36 heavy (non-hydrogen) atoms. The van der Waals surface area contributed by atoms with Gasteiger partial charge in [-0.2, -0.15) is 0 Å². The van der Waals surface area contributed by atoms with Gasteiger partial charge in [0.05, 0.1) is 6.61 Å². The van der Waals surface area contributed by atoms with Crippen LogP contribution in [0.5, 0.6) is 5.75 Å². The summed E-state index contributed by atoms with van der Waals surface area (Å²) in [6.07, 6.45) is 1.86. The van der Waals surface area contributed by atoms with Crippen molar-refractivity contribution >= 4 is 35.0 Å². The molecule has 5 nitrogen and oxygen atoms in total. The van der Waals surface area contributed by atoms with Crippen molar-refractivity contribution in [3.05, 3.63) is 100 Å². The number of carbonyl (C=O) groups is 2. The van der Waals surface area contributed by atoms with Gasteiger partial charge in [-0.3, -0.25) is 9.59 Å².